The molecule has 5 heteroatoms. The smallest absolute Gasteiger partial charge is 0.189 e. The SMILES string of the molecule is [C-]#[N+]c1cc(-c2cc(-c3ccccc3)cc(-c3ccc4sc5ccccc5c4c3)c2)cc(-n2c3ccc(C#N)cc3c3cc(C#N)ccc32)c1. The largest absolute Gasteiger partial charge is 0.310 e. The summed E-state index contributed by atoms with van der Waals surface area (Å²) in [6.45, 7) is 8.08. The van der Waals surface area contributed by atoms with Crippen molar-refractivity contribution in [1.29, 1.82) is 10.5 Å². The van der Waals surface area contributed by atoms with Gasteiger partial charge >= 0.3 is 0 Å². The fourth-order valence-electron chi connectivity index (χ4n) is 7.06. The van der Waals surface area contributed by atoms with Crippen molar-refractivity contribution >= 4 is 59.0 Å². The first-order valence-electron chi connectivity index (χ1n) is 16.1. The summed E-state index contributed by atoms with van der Waals surface area (Å²) in [7, 11) is 0. The first-order valence-corrected chi connectivity index (χ1v) is 17.0. The third kappa shape index (κ3) is 4.80. The summed E-state index contributed by atoms with van der Waals surface area (Å²) < 4.78 is 4.67. The standard InChI is InChI=1S/C45H24N4S/c1-48-36-22-35(23-37(25-36)49-42-14-11-28(26-46)17-39(42)40-18-29(27-47)12-15-43(40)49)34-20-32(30-7-3-2-4-8-30)19-33(21-34)31-13-16-45-41(24-31)38-9-5-6-10-44(38)50-45/h2-25H. The second-order valence-corrected chi connectivity index (χ2v) is 13.4. The van der Waals surface area contributed by atoms with Crippen molar-refractivity contribution in [1.82, 2.24) is 4.57 Å². The maximum absolute atomic E-state index is 9.68. The highest BCUT2D eigenvalue weighted by molar-refractivity contribution is 7.25. The van der Waals surface area contributed by atoms with Crippen molar-refractivity contribution in [2.24, 2.45) is 0 Å². The van der Waals surface area contributed by atoms with Gasteiger partial charge < -0.3 is 4.57 Å². The highest BCUT2D eigenvalue weighted by Crippen LogP contribution is 2.41. The number of nitrogens with zero attached hydrogens (tertiary/aromatic N) is 4. The number of benzene rings is 7. The fraction of sp³-hybridized carbons (Fsp3) is 0. The minimum atomic E-state index is 0.521. The Kier molecular flexibility index (Phi) is 6.78. The normalized spacial score (nSPS) is 11.1. The van der Waals surface area contributed by atoms with Crippen LogP contribution in [-0.2, 0) is 0 Å². The molecule has 0 spiro atoms. The molecule has 230 valence electrons. The molecule has 0 saturated heterocycles. The number of fused-ring (bicyclic) bond motifs is 6. The van der Waals surface area contributed by atoms with Crippen molar-refractivity contribution in [2.45, 2.75) is 0 Å². The predicted octanol–water partition coefficient (Wildman–Crippen LogP) is 12.4. The average Bonchev–Trinajstić information content (AvgIpc) is 3.72. The molecule has 2 aromatic heterocycles. The lowest BCUT2D eigenvalue weighted by Crippen LogP contribution is -1.95. The van der Waals surface area contributed by atoms with Gasteiger partial charge in [-0.05, 0) is 124 Å². The summed E-state index contributed by atoms with van der Waals surface area (Å²) in [5.74, 6) is 0. The molecule has 0 aliphatic rings. The van der Waals surface area contributed by atoms with E-state index in [4.69, 9.17) is 6.57 Å². The third-order valence-electron chi connectivity index (χ3n) is 9.40. The van der Waals surface area contributed by atoms with Crippen LogP contribution in [0.1, 0.15) is 11.1 Å². The van der Waals surface area contributed by atoms with Crippen LogP contribution >= 0.6 is 11.3 Å². The van der Waals surface area contributed by atoms with Crippen molar-refractivity contribution in [3.8, 4) is 51.2 Å². The van der Waals surface area contributed by atoms with Crippen LogP contribution in [0, 0.1) is 29.2 Å². The van der Waals surface area contributed by atoms with Crippen molar-refractivity contribution in [2.75, 3.05) is 0 Å². The van der Waals surface area contributed by atoms with Crippen LogP contribution in [0.5, 0.6) is 0 Å². The summed E-state index contributed by atoms with van der Waals surface area (Å²) >= 11 is 1.81. The zero-order valence-corrected chi connectivity index (χ0v) is 27.4. The lowest BCUT2D eigenvalue weighted by atomic mass is 9.92. The summed E-state index contributed by atoms with van der Waals surface area (Å²) in [6.07, 6.45) is 0. The molecule has 0 bridgehead atoms. The molecule has 0 N–H and O–H groups in total. The molecule has 0 amide bonds. The molecule has 9 aromatic rings. The molecule has 0 unspecified atom stereocenters. The van der Waals surface area contributed by atoms with E-state index < -0.39 is 0 Å². The number of hydrogen-bond donors (Lipinski definition) is 0. The van der Waals surface area contributed by atoms with Gasteiger partial charge in [-0.2, -0.15) is 10.5 Å². The summed E-state index contributed by atoms with van der Waals surface area (Å²) in [5.41, 5.74) is 10.6. The Morgan fingerprint density at radius 1 is 0.480 bits per heavy atom. The van der Waals surface area contributed by atoms with Gasteiger partial charge in [0.15, 0.2) is 5.69 Å². The average molecular weight is 653 g/mol. The van der Waals surface area contributed by atoms with Crippen molar-refractivity contribution < 1.29 is 0 Å². The Labute approximate surface area is 292 Å². The molecule has 0 atom stereocenters. The zero-order valence-electron chi connectivity index (χ0n) is 26.6. The molecule has 0 radical (unpaired) electrons. The van der Waals surface area contributed by atoms with Gasteiger partial charge in [-0.15, -0.1) is 11.3 Å². The summed E-state index contributed by atoms with van der Waals surface area (Å²) in [6, 6.07) is 54.1. The maximum Gasteiger partial charge on any atom is 0.189 e. The quantitative estimate of drug-likeness (QED) is 0.178. The minimum absolute atomic E-state index is 0.521. The van der Waals surface area contributed by atoms with E-state index in [9.17, 15) is 10.5 Å². The molecule has 50 heavy (non-hydrogen) atoms. The zero-order chi connectivity index (χ0) is 33.8. The Hall–Kier alpha value is -6.97. The minimum Gasteiger partial charge on any atom is -0.310 e. The van der Waals surface area contributed by atoms with E-state index in [-0.39, 0.29) is 0 Å². The predicted molar refractivity (Wildman–Crippen MR) is 206 cm³/mol. The highest BCUT2D eigenvalue weighted by Gasteiger charge is 2.17. The van der Waals surface area contributed by atoms with Gasteiger partial charge in [0.2, 0.25) is 0 Å². The fourth-order valence-corrected chi connectivity index (χ4v) is 8.15. The van der Waals surface area contributed by atoms with E-state index in [0.717, 1.165) is 60.9 Å². The first-order chi connectivity index (χ1) is 24.6. The monoisotopic (exact) mass is 652 g/mol. The van der Waals surface area contributed by atoms with E-state index >= 15 is 0 Å². The molecular formula is C45H24N4S. The van der Waals surface area contributed by atoms with Gasteiger partial charge in [0.1, 0.15) is 0 Å². The van der Waals surface area contributed by atoms with Crippen LogP contribution in [0.4, 0.5) is 5.69 Å². The Bertz CT molecular complexity index is 2890. The Balaban J connectivity index is 1.28. The van der Waals surface area contributed by atoms with Gasteiger partial charge in [0.25, 0.3) is 0 Å². The van der Waals surface area contributed by atoms with Gasteiger partial charge in [0, 0.05) is 36.6 Å². The van der Waals surface area contributed by atoms with E-state index in [1.54, 1.807) is 0 Å². The molecule has 4 nitrogen and oxygen atoms in total. The van der Waals surface area contributed by atoms with Crippen LogP contribution in [0.15, 0.2) is 146 Å². The summed E-state index contributed by atoms with van der Waals surface area (Å²) in [4.78, 5) is 3.91. The summed E-state index contributed by atoms with van der Waals surface area (Å²) in [5, 5.41) is 23.6. The number of hydrogen-bond acceptors (Lipinski definition) is 3. The van der Waals surface area contributed by atoms with Crippen molar-refractivity contribution in [3.63, 3.8) is 0 Å². The molecule has 2 heterocycles. The van der Waals surface area contributed by atoms with E-state index in [0.29, 0.717) is 16.8 Å². The van der Waals surface area contributed by atoms with Crippen LogP contribution in [-0.4, -0.2) is 4.57 Å². The number of aromatic nitrogens is 1. The van der Waals surface area contributed by atoms with Crippen LogP contribution in [0.25, 0.3) is 85.9 Å². The lowest BCUT2D eigenvalue weighted by Gasteiger charge is -2.15. The number of nitriles is 2. The van der Waals surface area contributed by atoms with Crippen LogP contribution in [0.3, 0.4) is 0 Å². The number of thiophene rings is 1. The molecule has 9 rings (SSSR count). The van der Waals surface area contributed by atoms with Gasteiger partial charge in [-0.1, -0.05) is 54.6 Å². The van der Waals surface area contributed by atoms with Crippen LogP contribution < -0.4 is 0 Å². The molecule has 0 aliphatic heterocycles. The molecule has 0 fully saturated rings. The topological polar surface area (TPSA) is 56.9 Å². The second kappa shape index (κ2) is 11.6. The Morgan fingerprint density at radius 2 is 1.08 bits per heavy atom. The van der Waals surface area contributed by atoms with E-state index in [1.165, 1.54) is 20.2 Å². The van der Waals surface area contributed by atoms with Gasteiger partial charge in [-0.25, -0.2) is 4.85 Å². The maximum atomic E-state index is 9.68. The van der Waals surface area contributed by atoms with Crippen LogP contribution in [0.2, 0.25) is 0 Å². The molecular weight excluding hydrogens is 629 g/mol. The third-order valence-corrected chi connectivity index (χ3v) is 10.5. The Morgan fingerprint density at radius 3 is 1.76 bits per heavy atom. The first kappa shape index (κ1) is 29.2. The highest BCUT2D eigenvalue weighted by atomic mass is 32.1. The van der Waals surface area contributed by atoms with E-state index in [2.05, 4.69) is 113 Å². The van der Waals surface area contributed by atoms with Gasteiger partial charge in [0.05, 0.1) is 40.9 Å². The second-order valence-electron chi connectivity index (χ2n) is 12.3. The molecule has 0 aliphatic carbocycles. The molecule has 0 saturated carbocycles. The lowest BCUT2D eigenvalue weighted by molar-refractivity contribution is 1.18. The molecule has 7 aromatic carbocycles. The number of rotatable bonds is 4. The van der Waals surface area contributed by atoms with E-state index in [1.807, 2.05) is 65.9 Å². The van der Waals surface area contributed by atoms with Crippen molar-refractivity contribution in [3.05, 3.63) is 168 Å². The van der Waals surface area contributed by atoms with Gasteiger partial charge in [-0.3, -0.25) is 0 Å².